The van der Waals surface area contributed by atoms with Gasteiger partial charge in [-0.2, -0.15) is 0 Å². The largest absolute Gasteiger partial charge is 0.444 e. The SMILES string of the molecule is CCCCCN(C(=O)C(Cc1ccccc1)NC(=O)OC(C)(C)C)C(C(=O)Nc1c(C)cccc1Cl)c1cccc(C)c1. The summed E-state index contributed by atoms with van der Waals surface area (Å²) in [5.41, 5.74) is 3.05. The molecule has 2 atom stereocenters. The fourth-order valence-corrected chi connectivity index (χ4v) is 5.16. The van der Waals surface area contributed by atoms with Crippen molar-refractivity contribution in [2.45, 2.75) is 84.9 Å². The zero-order valence-electron chi connectivity index (χ0n) is 26.1. The standard InChI is InChI=1S/C35H44ClN3O4/c1-7-8-12-21-39(33(41)29(23-26-17-10-9-11-18-26)37-34(42)43-35(4,5)6)31(27-19-13-15-24(2)22-27)32(40)38-30-25(3)16-14-20-28(30)36/h9-11,13-20,22,29,31H,7-8,12,21,23H2,1-6H3,(H,37,42)(H,38,40). The zero-order chi connectivity index (χ0) is 31.6. The molecule has 0 saturated carbocycles. The number of carbonyl (C=O) groups is 3. The number of ether oxygens (including phenoxy) is 1. The highest BCUT2D eigenvalue weighted by Crippen LogP contribution is 2.30. The average Bonchev–Trinajstić information content (AvgIpc) is 2.93. The molecule has 0 spiro atoms. The maximum atomic E-state index is 14.6. The number of carbonyl (C=O) groups excluding carboxylic acids is 3. The second kappa shape index (κ2) is 15.6. The lowest BCUT2D eigenvalue weighted by Gasteiger charge is -2.35. The Balaban J connectivity index is 2.09. The summed E-state index contributed by atoms with van der Waals surface area (Å²) < 4.78 is 5.53. The number of rotatable bonds is 12. The van der Waals surface area contributed by atoms with Crippen LogP contribution in [0.4, 0.5) is 10.5 Å². The topological polar surface area (TPSA) is 87.7 Å². The molecule has 0 aromatic heterocycles. The van der Waals surface area contributed by atoms with Gasteiger partial charge in [-0.25, -0.2) is 4.79 Å². The Kier molecular flexibility index (Phi) is 12.2. The molecular formula is C35H44ClN3O4. The third-order valence-electron chi connectivity index (χ3n) is 6.95. The van der Waals surface area contributed by atoms with Gasteiger partial charge in [0, 0.05) is 13.0 Å². The fraction of sp³-hybridized carbons (Fsp3) is 0.400. The molecule has 3 aromatic rings. The monoisotopic (exact) mass is 605 g/mol. The Morgan fingerprint density at radius 2 is 1.63 bits per heavy atom. The highest BCUT2D eigenvalue weighted by molar-refractivity contribution is 6.34. The van der Waals surface area contributed by atoms with Crippen molar-refractivity contribution in [2.24, 2.45) is 0 Å². The van der Waals surface area contributed by atoms with E-state index in [4.69, 9.17) is 16.3 Å². The van der Waals surface area contributed by atoms with Gasteiger partial charge in [0.25, 0.3) is 5.91 Å². The minimum absolute atomic E-state index is 0.231. The normalized spacial score (nSPS) is 12.6. The number of nitrogens with one attached hydrogen (secondary N) is 2. The quantitative estimate of drug-likeness (QED) is 0.206. The van der Waals surface area contributed by atoms with E-state index in [2.05, 4.69) is 17.6 Å². The minimum Gasteiger partial charge on any atom is -0.444 e. The number of unbranched alkanes of at least 4 members (excludes halogenated alkanes) is 2. The molecule has 43 heavy (non-hydrogen) atoms. The zero-order valence-corrected chi connectivity index (χ0v) is 26.8. The Hall–Kier alpha value is -3.84. The number of hydrogen-bond acceptors (Lipinski definition) is 4. The van der Waals surface area contributed by atoms with Crippen molar-refractivity contribution in [1.29, 1.82) is 0 Å². The van der Waals surface area contributed by atoms with Crippen molar-refractivity contribution in [3.8, 4) is 0 Å². The molecular weight excluding hydrogens is 562 g/mol. The molecule has 0 radical (unpaired) electrons. The van der Waals surface area contributed by atoms with Gasteiger partial charge in [0.05, 0.1) is 10.7 Å². The van der Waals surface area contributed by atoms with Crippen LogP contribution in [0.3, 0.4) is 0 Å². The van der Waals surface area contributed by atoms with Gasteiger partial charge in [-0.1, -0.05) is 104 Å². The molecule has 0 bridgehead atoms. The lowest BCUT2D eigenvalue weighted by atomic mass is 9.98. The fourth-order valence-electron chi connectivity index (χ4n) is 4.89. The number of aryl methyl sites for hydroxylation is 2. The van der Waals surface area contributed by atoms with E-state index in [9.17, 15) is 14.4 Å². The van der Waals surface area contributed by atoms with E-state index in [1.165, 1.54) is 0 Å². The van der Waals surface area contributed by atoms with Gasteiger partial charge in [0.1, 0.15) is 17.7 Å². The van der Waals surface area contributed by atoms with Crippen LogP contribution in [0.25, 0.3) is 0 Å². The van der Waals surface area contributed by atoms with Gasteiger partial charge >= 0.3 is 6.09 Å². The highest BCUT2D eigenvalue weighted by atomic mass is 35.5. The molecule has 2 N–H and O–H groups in total. The molecule has 0 saturated heterocycles. The Bertz CT molecular complexity index is 1370. The number of anilines is 1. The lowest BCUT2D eigenvalue weighted by molar-refractivity contribution is -0.140. The molecule has 7 nitrogen and oxygen atoms in total. The molecule has 0 heterocycles. The average molecular weight is 606 g/mol. The molecule has 230 valence electrons. The summed E-state index contributed by atoms with van der Waals surface area (Å²) in [6.45, 7) is 11.5. The first-order valence-electron chi connectivity index (χ1n) is 14.9. The van der Waals surface area contributed by atoms with Gasteiger partial charge in [-0.3, -0.25) is 9.59 Å². The predicted octanol–water partition coefficient (Wildman–Crippen LogP) is 7.79. The van der Waals surface area contributed by atoms with Crippen molar-refractivity contribution >= 4 is 35.2 Å². The summed E-state index contributed by atoms with van der Waals surface area (Å²) in [5, 5.41) is 6.23. The molecule has 0 aliphatic rings. The van der Waals surface area contributed by atoms with Crippen LogP contribution in [0, 0.1) is 13.8 Å². The van der Waals surface area contributed by atoms with Gasteiger partial charge in [0.15, 0.2) is 0 Å². The van der Waals surface area contributed by atoms with Gasteiger partial charge in [-0.15, -0.1) is 0 Å². The van der Waals surface area contributed by atoms with E-state index >= 15 is 0 Å². The van der Waals surface area contributed by atoms with E-state index in [0.29, 0.717) is 29.2 Å². The molecule has 0 aliphatic heterocycles. The van der Waals surface area contributed by atoms with Crippen LogP contribution < -0.4 is 10.6 Å². The minimum atomic E-state index is -0.973. The van der Waals surface area contributed by atoms with Crippen LogP contribution in [0.2, 0.25) is 5.02 Å². The van der Waals surface area contributed by atoms with E-state index in [1.807, 2.05) is 80.6 Å². The number of hydrogen-bond donors (Lipinski definition) is 2. The molecule has 0 aliphatic carbocycles. The summed E-state index contributed by atoms with van der Waals surface area (Å²) in [7, 11) is 0. The van der Waals surface area contributed by atoms with Gasteiger partial charge < -0.3 is 20.3 Å². The van der Waals surface area contributed by atoms with Crippen molar-refractivity contribution in [3.05, 3.63) is 100 Å². The second-order valence-electron chi connectivity index (χ2n) is 11.9. The summed E-state index contributed by atoms with van der Waals surface area (Å²) in [4.78, 5) is 43.4. The molecule has 0 fully saturated rings. The highest BCUT2D eigenvalue weighted by Gasteiger charge is 2.36. The molecule has 8 heteroatoms. The second-order valence-corrected chi connectivity index (χ2v) is 12.3. The van der Waals surface area contributed by atoms with Gasteiger partial charge in [-0.05, 0) is 63.8 Å². The maximum Gasteiger partial charge on any atom is 0.408 e. The van der Waals surface area contributed by atoms with E-state index in [1.54, 1.807) is 31.7 Å². The van der Waals surface area contributed by atoms with Crippen molar-refractivity contribution < 1.29 is 19.1 Å². The predicted molar refractivity (Wildman–Crippen MR) is 173 cm³/mol. The van der Waals surface area contributed by atoms with Crippen LogP contribution in [0.15, 0.2) is 72.8 Å². The first kappa shape index (κ1) is 33.7. The first-order valence-corrected chi connectivity index (χ1v) is 15.2. The van der Waals surface area contributed by atoms with Crippen LogP contribution in [-0.2, 0) is 20.7 Å². The Morgan fingerprint density at radius 3 is 2.26 bits per heavy atom. The Labute approximate surface area is 261 Å². The maximum absolute atomic E-state index is 14.6. The lowest BCUT2D eigenvalue weighted by Crippen LogP contribution is -2.53. The van der Waals surface area contributed by atoms with Gasteiger partial charge in [0.2, 0.25) is 5.91 Å². The van der Waals surface area contributed by atoms with E-state index in [-0.39, 0.29) is 18.2 Å². The van der Waals surface area contributed by atoms with Crippen molar-refractivity contribution in [1.82, 2.24) is 10.2 Å². The van der Waals surface area contributed by atoms with Crippen molar-refractivity contribution in [3.63, 3.8) is 0 Å². The van der Waals surface area contributed by atoms with Crippen LogP contribution >= 0.6 is 11.6 Å². The molecule has 3 rings (SSSR count). The molecule has 2 unspecified atom stereocenters. The number of benzene rings is 3. The third-order valence-corrected chi connectivity index (χ3v) is 7.26. The van der Waals surface area contributed by atoms with Crippen molar-refractivity contribution in [2.75, 3.05) is 11.9 Å². The number of halogens is 1. The van der Waals surface area contributed by atoms with Crippen LogP contribution in [0.1, 0.15) is 75.3 Å². The summed E-state index contributed by atoms with van der Waals surface area (Å²) in [6, 6.07) is 20.5. The van der Waals surface area contributed by atoms with E-state index < -0.39 is 23.8 Å². The summed E-state index contributed by atoms with van der Waals surface area (Å²) in [6.07, 6.45) is 2.03. The van der Waals surface area contributed by atoms with Crippen LogP contribution in [-0.4, -0.2) is 41.0 Å². The van der Waals surface area contributed by atoms with Crippen LogP contribution in [0.5, 0.6) is 0 Å². The van der Waals surface area contributed by atoms with E-state index in [0.717, 1.165) is 29.5 Å². The number of alkyl carbamates (subject to hydrolysis) is 1. The summed E-state index contributed by atoms with van der Waals surface area (Å²) >= 11 is 6.49. The number of para-hydroxylation sites is 1. The first-order chi connectivity index (χ1) is 20.4. The number of amides is 3. The Morgan fingerprint density at radius 1 is 0.930 bits per heavy atom. The summed E-state index contributed by atoms with van der Waals surface area (Å²) in [5.74, 6) is -0.759. The molecule has 3 aromatic carbocycles. The number of nitrogens with zero attached hydrogens (tertiary/aromatic N) is 1. The molecule has 3 amide bonds. The third kappa shape index (κ3) is 10.1. The smallest absolute Gasteiger partial charge is 0.408 e.